The molecule has 4 heterocycles. The highest BCUT2D eigenvalue weighted by molar-refractivity contribution is 6.02. The van der Waals surface area contributed by atoms with Crippen LogP contribution >= 0.6 is 0 Å². The van der Waals surface area contributed by atoms with Crippen molar-refractivity contribution in [3.63, 3.8) is 0 Å². The highest BCUT2D eigenvalue weighted by Gasteiger charge is 2.56. The first-order valence-electron chi connectivity index (χ1n) is 14.3. The molecule has 3 aromatic rings. The van der Waals surface area contributed by atoms with Gasteiger partial charge < -0.3 is 15.7 Å². The molecular formula is C28H32F3N7O4. The number of carboxylic acid groups (broad SMARTS) is 1. The first kappa shape index (κ1) is 28.2. The summed E-state index contributed by atoms with van der Waals surface area (Å²) < 4.78 is 43.6. The Bertz CT molecular complexity index is 1510. The zero-order valence-corrected chi connectivity index (χ0v) is 23.0. The van der Waals surface area contributed by atoms with Crippen molar-refractivity contribution in [3.8, 4) is 0 Å². The van der Waals surface area contributed by atoms with Crippen LogP contribution in [-0.4, -0.2) is 60.0 Å². The lowest BCUT2D eigenvalue weighted by Gasteiger charge is -2.37. The topological polar surface area (TPSA) is 144 Å². The number of fused-ring (bicyclic) bond motifs is 1. The second-order valence-corrected chi connectivity index (χ2v) is 11.8. The Kier molecular flexibility index (Phi) is 6.97. The van der Waals surface area contributed by atoms with E-state index in [9.17, 15) is 32.7 Å². The number of nitrogens with zero attached hydrogens (tertiary/aromatic N) is 5. The van der Waals surface area contributed by atoms with E-state index in [0.29, 0.717) is 35.4 Å². The SMILES string of the molecule is CCn1nccc1C(=O)N[C@H](c1cn2ncc(CC3(C(=O)O)C[C@H](C(F)(F)F)CNC3=O)cc2n1)C(C1CC1)C1CC1. The number of carbonyl (C=O) groups excluding carboxylic acids is 2. The smallest absolute Gasteiger partial charge is 0.393 e. The van der Waals surface area contributed by atoms with E-state index in [1.807, 2.05) is 6.92 Å². The van der Waals surface area contributed by atoms with Crippen molar-refractivity contribution in [1.82, 2.24) is 35.0 Å². The molecule has 0 bridgehead atoms. The molecule has 0 aromatic carbocycles. The molecule has 2 amide bonds. The number of carbonyl (C=O) groups is 3. The van der Waals surface area contributed by atoms with Crippen LogP contribution in [-0.2, 0) is 22.6 Å². The third-order valence-corrected chi connectivity index (χ3v) is 8.88. The maximum atomic E-state index is 13.5. The van der Waals surface area contributed by atoms with Crippen molar-refractivity contribution >= 4 is 23.4 Å². The molecule has 224 valence electrons. The lowest BCUT2D eigenvalue weighted by molar-refractivity contribution is -0.194. The van der Waals surface area contributed by atoms with E-state index in [1.165, 1.54) is 10.7 Å². The second-order valence-electron chi connectivity index (χ2n) is 11.8. The van der Waals surface area contributed by atoms with Crippen LogP contribution in [0.2, 0.25) is 0 Å². The number of nitrogens with one attached hydrogen (secondary N) is 2. The predicted octanol–water partition coefficient (Wildman–Crippen LogP) is 3.16. The fourth-order valence-corrected chi connectivity index (χ4v) is 6.40. The van der Waals surface area contributed by atoms with Gasteiger partial charge in [-0.2, -0.15) is 23.4 Å². The largest absolute Gasteiger partial charge is 0.480 e. The van der Waals surface area contributed by atoms with Crippen LogP contribution in [0.25, 0.3) is 5.65 Å². The van der Waals surface area contributed by atoms with E-state index in [-0.39, 0.29) is 17.4 Å². The van der Waals surface area contributed by atoms with E-state index in [1.54, 1.807) is 29.2 Å². The molecule has 0 spiro atoms. The summed E-state index contributed by atoms with van der Waals surface area (Å²) in [5, 5.41) is 23.9. The minimum absolute atomic E-state index is 0.192. The number of amides is 2. The van der Waals surface area contributed by atoms with Gasteiger partial charge in [-0.3, -0.25) is 19.1 Å². The Hall–Kier alpha value is -3.97. The number of halogens is 3. The number of piperidine rings is 1. The number of alkyl halides is 3. The van der Waals surface area contributed by atoms with Gasteiger partial charge in [0.2, 0.25) is 5.91 Å². The molecular weight excluding hydrogens is 555 g/mol. The summed E-state index contributed by atoms with van der Waals surface area (Å²) in [7, 11) is 0. The van der Waals surface area contributed by atoms with Crippen molar-refractivity contribution in [2.75, 3.05) is 6.54 Å². The summed E-state index contributed by atoms with van der Waals surface area (Å²) in [6, 6.07) is 2.81. The van der Waals surface area contributed by atoms with E-state index in [2.05, 4.69) is 20.8 Å². The summed E-state index contributed by atoms with van der Waals surface area (Å²) in [5.41, 5.74) is -0.641. The van der Waals surface area contributed by atoms with Crippen LogP contribution in [0.3, 0.4) is 0 Å². The van der Waals surface area contributed by atoms with Crippen molar-refractivity contribution in [1.29, 1.82) is 0 Å². The molecule has 0 radical (unpaired) electrons. The number of hydrogen-bond donors (Lipinski definition) is 3. The Morgan fingerprint density at radius 1 is 1.21 bits per heavy atom. The number of aromatic nitrogens is 5. The molecule has 1 unspecified atom stereocenters. The van der Waals surface area contributed by atoms with Crippen LogP contribution in [0.4, 0.5) is 13.2 Å². The number of rotatable bonds is 10. The first-order chi connectivity index (χ1) is 20.0. The normalized spacial score (nSPS) is 23.6. The van der Waals surface area contributed by atoms with E-state index in [4.69, 9.17) is 4.98 Å². The summed E-state index contributed by atoms with van der Waals surface area (Å²) >= 11 is 0. The molecule has 3 aromatic heterocycles. The Balaban J connectivity index is 1.32. The zero-order chi connectivity index (χ0) is 29.8. The van der Waals surface area contributed by atoms with Gasteiger partial charge in [-0.1, -0.05) is 0 Å². The monoisotopic (exact) mass is 587 g/mol. The van der Waals surface area contributed by atoms with Crippen LogP contribution < -0.4 is 10.6 Å². The quantitative estimate of drug-likeness (QED) is 0.309. The fourth-order valence-electron chi connectivity index (χ4n) is 6.40. The summed E-state index contributed by atoms with van der Waals surface area (Å²) in [4.78, 5) is 43.1. The molecule has 3 fully saturated rings. The van der Waals surface area contributed by atoms with Gasteiger partial charge in [0.1, 0.15) is 5.69 Å². The average Bonchev–Trinajstić information content (AvgIpc) is 3.87. The van der Waals surface area contributed by atoms with E-state index >= 15 is 0 Å². The number of hydrogen-bond acceptors (Lipinski definition) is 6. The third-order valence-electron chi connectivity index (χ3n) is 8.88. The van der Waals surface area contributed by atoms with Gasteiger partial charge in [0.15, 0.2) is 11.1 Å². The molecule has 6 rings (SSSR count). The molecule has 1 saturated heterocycles. The Labute approximate surface area is 238 Å². The number of imidazole rings is 1. The van der Waals surface area contributed by atoms with Crippen LogP contribution in [0.5, 0.6) is 0 Å². The Morgan fingerprint density at radius 3 is 2.55 bits per heavy atom. The second kappa shape index (κ2) is 10.4. The molecule has 2 saturated carbocycles. The lowest BCUT2D eigenvalue weighted by atomic mass is 9.71. The van der Waals surface area contributed by atoms with Gasteiger partial charge in [-0.25, -0.2) is 9.50 Å². The zero-order valence-electron chi connectivity index (χ0n) is 23.0. The number of aliphatic carboxylic acids is 1. The fraction of sp³-hybridized carbons (Fsp3) is 0.571. The van der Waals surface area contributed by atoms with Gasteiger partial charge in [0.05, 0.1) is 30.0 Å². The Morgan fingerprint density at radius 2 is 1.93 bits per heavy atom. The van der Waals surface area contributed by atoms with Crippen molar-refractivity contribution in [2.45, 2.75) is 64.2 Å². The molecule has 2 aliphatic carbocycles. The van der Waals surface area contributed by atoms with Gasteiger partial charge in [0.25, 0.3) is 5.91 Å². The molecule has 14 heteroatoms. The first-order valence-corrected chi connectivity index (χ1v) is 14.3. The highest BCUT2D eigenvalue weighted by atomic mass is 19.4. The molecule has 3 N–H and O–H groups in total. The standard InChI is InChI=1S/C28H32F3N7O4/c1-2-37-20(7-8-33-37)24(39)36-23(22(16-3-4-16)17-5-6-17)19-14-38-21(35-19)9-15(12-34-38)10-27(26(41)42)11-18(28(29,30)31)13-32-25(27)40/h7-9,12,14,16-18,22-23H,2-6,10-11,13H2,1H3,(H,32,40)(H,36,39)(H,41,42)/t18-,23+,27?/m0/s1. The summed E-state index contributed by atoms with van der Waals surface area (Å²) in [5.74, 6) is -3.69. The summed E-state index contributed by atoms with van der Waals surface area (Å²) in [6.45, 7) is 1.78. The maximum absolute atomic E-state index is 13.5. The van der Waals surface area contributed by atoms with Crippen molar-refractivity contribution in [2.24, 2.45) is 29.1 Å². The number of aryl methyl sites for hydroxylation is 1. The van der Waals surface area contributed by atoms with Crippen molar-refractivity contribution in [3.05, 3.63) is 47.7 Å². The highest BCUT2D eigenvalue weighted by Crippen LogP contribution is 2.54. The summed E-state index contributed by atoms with van der Waals surface area (Å²) in [6.07, 6.45) is 2.97. The van der Waals surface area contributed by atoms with E-state index < -0.39 is 54.8 Å². The van der Waals surface area contributed by atoms with Gasteiger partial charge >= 0.3 is 12.1 Å². The molecule has 11 nitrogen and oxygen atoms in total. The average molecular weight is 588 g/mol. The van der Waals surface area contributed by atoms with Crippen LogP contribution in [0.1, 0.15) is 66.8 Å². The maximum Gasteiger partial charge on any atom is 0.393 e. The third kappa shape index (κ3) is 5.22. The lowest BCUT2D eigenvalue weighted by Crippen LogP contribution is -2.57. The predicted molar refractivity (Wildman–Crippen MR) is 141 cm³/mol. The van der Waals surface area contributed by atoms with Gasteiger partial charge in [-0.05, 0) is 80.9 Å². The molecule has 1 aliphatic heterocycles. The molecule has 3 aliphatic rings. The minimum Gasteiger partial charge on any atom is -0.480 e. The molecule has 3 atom stereocenters. The van der Waals surface area contributed by atoms with Crippen molar-refractivity contribution < 1.29 is 32.7 Å². The number of carboxylic acids is 1. The van der Waals surface area contributed by atoms with Gasteiger partial charge in [0, 0.05) is 19.3 Å². The molecule has 42 heavy (non-hydrogen) atoms. The van der Waals surface area contributed by atoms with Gasteiger partial charge in [-0.15, -0.1) is 0 Å². The van der Waals surface area contributed by atoms with E-state index in [0.717, 1.165) is 25.7 Å². The van der Waals surface area contributed by atoms with Crippen LogP contribution in [0.15, 0.2) is 30.7 Å². The van der Waals surface area contributed by atoms with Crippen LogP contribution in [0, 0.1) is 29.1 Å². The minimum atomic E-state index is -4.65.